The molecule has 1 aromatic rings. The van der Waals surface area contributed by atoms with Gasteiger partial charge in [-0.15, -0.1) is 0 Å². The van der Waals surface area contributed by atoms with Crippen molar-refractivity contribution in [3.8, 4) is 0 Å². The van der Waals surface area contributed by atoms with E-state index >= 15 is 0 Å². The minimum atomic E-state index is -3.57. The third kappa shape index (κ3) is 4.86. The molecule has 1 unspecified atom stereocenters. The number of nitrogens with zero attached hydrogens (tertiary/aromatic N) is 1. The molecule has 0 saturated heterocycles. The summed E-state index contributed by atoms with van der Waals surface area (Å²) in [5.74, 6) is 0.165. The first-order valence-corrected chi connectivity index (χ1v) is 10.7. The Morgan fingerprint density at radius 3 is 2.50 bits per heavy atom. The van der Waals surface area contributed by atoms with Crippen molar-refractivity contribution in [2.24, 2.45) is 5.92 Å². The maximum Gasteiger partial charge on any atom is 0.243 e. The number of hydrogen-bond donors (Lipinski definition) is 2. The van der Waals surface area contributed by atoms with Gasteiger partial charge >= 0.3 is 0 Å². The lowest BCUT2D eigenvalue weighted by Gasteiger charge is -2.20. The average molecular weight is 380 g/mol. The highest BCUT2D eigenvalue weighted by molar-refractivity contribution is 7.89. The second kappa shape index (κ2) is 9.19. The highest BCUT2D eigenvalue weighted by atomic mass is 32.2. The van der Waals surface area contributed by atoms with Crippen LogP contribution in [0.5, 0.6) is 0 Å². The molecule has 2 N–H and O–H groups in total. The zero-order valence-electron chi connectivity index (χ0n) is 15.8. The van der Waals surface area contributed by atoms with Crippen molar-refractivity contribution in [3.05, 3.63) is 30.4 Å². The summed E-state index contributed by atoms with van der Waals surface area (Å²) < 4.78 is 26.9. The van der Waals surface area contributed by atoms with Gasteiger partial charge < -0.3 is 10.6 Å². The molecule has 7 heteroatoms. The Bertz CT molecular complexity index is 755. The quantitative estimate of drug-likeness (QED) is 0.644. The second-order valence-electron chi connectivity index (χ2n) is 6.34. The van der Waals surface area contributed by atoms with Crippen molar-refractivity contribution in [1.29, 1.82) is 0 Å². The van der Waals surface area contributed by atoms with Gasteiger partial charge in [-0.05, 0) is 43.9 Å². The lowest BCUT2D eigenvalue weighted by atomic mass is 10.0. The standard InChI is InChI=1S/C19H29N3O3S/c1-4-20-17-12-11-16(26(24,25)22(5-2)6-3)14-18(17)21-19(23)13-15-9-7-8-10-15/h7,9,11-12,14-15,20H,4-6,8,10,13H2,1-3H3,(H,21,23). The van der Waals surface area contributed by atoms with Crippen LogP contribution in [-0.2, 0) is 14.8 Å². The summed E-state index contributed by atoms with van der Waals surface area (Å²) in [6.45, 7) is 7.07. The van der Waals surface area contributed by atoms with Crippen molar-refractivity contribution >= 4 is 27.3 Å². The first-order valence-electron chi connectivity index (χ1n) is 9.26. The summed E-state index contributed by atoms with van der Waals surface area (Å²) in [5.41, 5.74) is 1.23. The van der Waals surface area contributed by atoms with Gasteiger partial charge in [-0.3, -0.25) is 4.79 Å². The maximum atomic E-state index is 12.8. The van der Waals surface area contributed by atoms with Crippen LogP contribution in [0.1, 0.15) is 40.0 Å². The molecule has 1 aromatic carbocycles. The SMILES string of the molecule is CCNc1ccc(S(=O)(=O)N(CC)CC)cc1NC(=O)CC1C=CCC1. The van der Waals surface area contributed by atoms with E-state index in [1.165, 1.54) is 4.31 Å². The number of rotatable bonds is 9. The summed E-state index contributed by atoms with van der Waals surface area (Å²) in [7, 11) is -3.57. The zero-order chi connectivity index (χ0) is 19.2. The molecule has 1 aliphatic rings. The number of hydrogen-bond acceptors (Lipinski definition) is 4. The van der Waals surface area contributed by atoms with Crippen molar-refractivity contribution in [3.63, 3.8) is 0 Å². The molecule has 2 rings (SSSR count). The van der Waals surface area contributed by atoms with Crippen molar-refractivity contribution in [1.82, 2.24) is 4.31 Å². The van der Waals surface area contributed by atoms with Crippen molar-refractivity contribution in [2.45, 2.75) is 44.9 Å². The van der Waals surface area contributed by atoms with Crippen molar-refractivity contribution < 1.29 is 13.2 Å². The van der Waals surface area contributed by atoms with Gasteiger partial charge in [0.1, 0.15) is 0 Å². The van der Waals surface area contributed by atoms with Gasteiger partial charge in [0, 0.05) is 26.1 Å². The number of anilines is 2. The van der Waals surface area contributed by atoms with E-state index in [4.69, 9.17) is 0 Å². The summed E-state index contributed by atoms with van der Waals surface area (Å²) in [4.78, 5) is 12.6. The number of amides is 1. The molecule has 0 spiro atoms. The Morgan fingerprint density at radius 2 is 1.92 bits per heavy atom. The Balaban J connectivity index is 2.27. The van der Waals surface area contributed by atoms with Crippen molar-refractivity contribution in [2.75, 3.05) is 30.3 Å². The Kier molecular flexibility index (Phi) is 7.23. The van der Waals surface area contributed by atoms with Crippen LogP contribution < -0.4 is 10.6 Å². The molecule has 1 amide bonds. The molecule has 1 atom stereocenters. The van der Waals surface area contributed by atoms with Crippen LogP contribution in [0.3, 0.4) is 0 Å². The summed E-state index contributed by atoms with van der Waals surface area (Å²) in [6.07, 6.45) is 6.59. The molecule has 0 fully saturated rings. The number of sulfonamides is 1. The normalized spacial score (nSPS) is 16.8. The summed E-state index contributed by atoms with van der Waals surface area (Å²) in [6, 6.07) is 4.85. The molecule has 0 aromatic heterocycles. The molecule has 0 radical (unpaired) electrons. The summed E-state index contributed by atoms with van der Waals surface area (Å²) >= 11 is 0. The Labute approximate surface area is 156 Å². The predicted octanol–water partition coefficient (Wildman–Crippen LogP) is 3.44. The van der Waals surface area contributed by atoms with Crippen LogP contribution in [0.15, 0.2) is 35.2 Å². The van der Waals surface area contributed by atoms with Crippen LogP contribution >= 0.6 is 0 Å². The first-order chi connectivity index (χ1) is 12.4. The van der Waals surface area contributed by atoms with Gasteiger partial charge in [0.25, 0.3) is 0 Å². The number of nitrogens with one attached hydrogen (secondary N) is 2. The van der Waals surface area contributed by atoms with Gasteiger partial charge in [0.05, 0.1) is 16.3 Å². The van der Waals surface area contributed by atoms with E-state index in [1.807, 2.05) is 20.8 Å². The van der Waals surface area contributed by atoms with Gasteiger partial charge in [-0.1, -0.05) is 26.0 Å². The van der Waals surface area contributed by atoms with Gasteiger partial charge in [-0.25, -0.2) is 8.42 Å². The lowest BCUT2D eigenvalue weighted by Crippen LogP contribution is -2.30. The van der Waals surface area contributed by atoms with E-state index in [9.17, 15) is 13.2 Å². The maximum absolute atomic E-state index is 12.8. The number of benzene rings is 1. The number of carbonyl (C=O) groups is 1. The molecule has 0 aliphatic heterocycles. The fourth-order valence-corrected chi connectivity index (χ4v) is 4.63. The third-order valence-corrected chi connectivity index (χ3v) is 6.58. The predicted molar refractivity (Wildman–Crippen MR) is 106 cm³/mol. The van der Waals surface area contributed by atoms with E-state index in [0.29, 0.717) is 31.7 Å². The van der Waals surface area contributed by atoms with E-state index in [0.717, 1.165) is 18.5 Å². The van der Waals surface area contributed by atoms with Gasteiger partial charge in [-0.2, -0.15) is 4.31 Å². The van der Waals surface area contributed by atoms with Crippen LogP contribution in [0, 0.1) is 5.92 Å². The van der Waals surface area contributed by atoms with Crippen LogP contribution in [-0.4, -0.2) is 38.3 Å². The number of allylic oxidation sites excluding steroid dienone is 2. The van der Waals surface area contributed by atoms with Gasteiger partial charge in [0.2, 0.25) is 15.9 Å². The minimum Gasteiger partial charge on any atom is -0.384 e. The first kappa shape index (κ1) is 20.5. The molecule has 0 heterocycles. The van der Waals surface area contributed by atoms with Crippen LogP contribution in [0.2, 0.25) is 0 Å². The van der Waals surface area contributed by atoms with Crippen LogP contribution in [0.4, 0.5) is 11.4 Å². The highest BCUT2D eigenvalue weighted by Crippen LogP contribution is 2.28. The molecule has 1 aliphatic carbocycles. The largest absolute Gasteiger partial charge is 0.384 e. The molecule has 144 valence electrons. The van der Waals surface area contributed by atoms with Gasteiger partial charge in [0.15, 0.2) is 0 Å². The Hall–Kier alpha value is -1.86. The van der Waals surface area contributed by atoms with Crippen LogP contribution in [0.25, 0.3) is 0 Å². The minimum absolute atomic E-state index is 0.0990. The monoisotopic (exact) mass is 379 g/mol. The van der Waals surface area contributed by atoms with E-state index < -0.39 is 10.0 Å². The third-order valence-electron chi connectivity index (χ3n) is 4.54. The molecule has 0 bridgehead atoms. The molecule has 0 saturated carbocycles. The highest BCUT2D eigenvalue weighted by Gasteiger charge is 2.23. The average Bonchev–Trinajstić information content (AvgIpc) is 3.10. The molecule has 26 heavy (non-hydrogen) atoms. The Morgan fingerprint density at radius 1 is 1.19 bits per heavy atom. The lowest BCUT2D eigenvalue weighted by molar-refractivity contribution is -0.116. The van der Waals surface area contributed by atoms with E-state index in [-0.39, 0.29) is 16.7 Å². The fraction of sp³-hybridized carbons (Fsp3) is 0.526. The second-order valence-corrected chi connectivity index (χ2v) is 8.28. The molecular formula is C19H29N3O3S. The number of carbonyl (C=O) groups excluding carboxylic acids is 1. The fourth-order valence-electron chi connectivity index (χ4n) is 3.15. The summed E-state index contributed by atoms with van der Waals surface area (Å²) in [5, 5.41) is 6.07. The molecular weight excluding hydrogens is 350 g/mol. The zero-order valence-corrected chi connectivity index (χ0v) is 16.6. The van der Waals surface area contributed by atoms with E-state index in [2.05, 4.69) is 22.8 Å². The molecule has 6 nitrogen and oxygen atoms in total. The van der Waals surface area contributed by atoms with E-state index in [1.54, 1.807) is 18.2 Å². The topological polar surface area (TPSA) is 78.5 Å². The smallest absolute Gasteiger partial charge is 0.243 e.